The zero-order valence-electron chi connectivity index (χ0n) is 17.3. The van der Waals surface area contributed by atoms with Crippen molar-refractivity contribution in [2.24, 2.45) is 10.2 Å². The molecule has 1 fully saturated rings. The van der Waals surface area contributed by atoms with Crippen LogP contribution in [0.15, 0.2) is 70.3 Å². The fourth-order valence-electron chi connectivity index (χ4n) is 4.33. The Morgan fingerprint density at radius 1 is 1.10 bits per heavy atom. The van der Waals surface area contributed by atoms with E-state index in [2.05, 4.69) is 65.0 Å². The third kappa shape index (κ3) is 4.04. The quantitative estimate of drug-likeness (QED) is 0.615. The van der Waals surface area contributed by atoms with Gasteiger partial charge in [-0.2, -0.15) is 10.1 Å². The largest absolute Gasteiger partial charge is 0.492 e. The summed E-state index contributed by atoms with van der Waals surface area (Å²) in [4.78, 5) is 0. The fraction of sp³-hybridized carbons (Fsp3) is 0.391. The Labute approximate surface area is 172 Å². The predicted molar refractivity (Wildman–Crippen MR) is 114 cm³/mol. The van der Waals surface area contributed by atoms with Crippen molar-refractivity contribution in [3.63, 3.8) is 0 Å². The summed E-state index contributed by atoms with van der Waals surface area (Å²) in [6.07, 6.45) is 2.93. The van der Waals surface area contributed by atoms with Crippen LogP contribution in [0.3, 0.4) is 0 Å². The first kappa shape index (κ1) is 19.6. The molecule has 152 valence electrons. The van der Waals surface area contributed by atoms with E-state index in [9.17, 15) is 5.11 Å². The molecule has 3 N–H and O–H groups in total. The number of nitrogens with zero attached hydrogens (tertiary/aromatic N) is 3. The number of benzene rings is 2. The molecule has 0 amide bonds. The summed E-state index contributed by atoms with van der Waals surface area (Å²) in [6.45, 7) is 6.48. The van der Waals surface area contributed by atoms with Crippen molar-refractivity contribution in [3.05, 3.63) is 76.8 Å². The number of azo groups is 1. The van der Waals surface area contributed by atoms with Crippen molar-refractivity contribution in [2.75, 3.05) is 0 Å². The van der Waals surface area contributed by atoms with E-state index < -0.39 is 0 Å². The highest BCUT2D eigenvalue weighted by atomic mass is 16.3. The third-order valence-corrected chi connectivity index (χ3v) is 5.70. The molecule has 0 bridgehead atoms. The number of hydrogen-bond donors (Lipinski definition) is 3. The Balaban J connectivity index is 1.65. The van der Waals surface area contributed by atoms with E-state index in [0.717, 1.165) is 24.9 Å². The molecule has 2 aromatic rings. The van der Waals surface area contributed by atoms with Crippen LogP contribution in [-0.4, -0.2) is 22.3 Å². The van der Waals surface area contributed by atoms with Gasteiger partial charge in [-0.25, -0.2) is 0 Å². The van der Waals surface area contributed by atoms with Crippen LogP contribution >= 0.6 is 0 Å². The standard InChI is InChI=1S/C23H29N5O/c1-4-8-18-14-20(19-12-11-15(2)13-16(19)3)28-22(24-18)21(23(29)27-28)26-25-17-9-6-5-7-10-17/h5-7,9-13,18,20,22,24,27,29H,4,8,14H2,1-3H3. The van der Waals surface area contributed by atoms with E-state index in [1.165, 1.54) is 16.7 Å². The van der Waals surface area contributed by atoms with Crippen molar-refractivity contribution < 1.29 is 5.11 Å². The molecule has 2 aliphatic heterocycles. The minimum Gasteiger partial charge on any atom is -0.492 e. The van der Waals surface area contributed by atoms with Gasteiger partial charge in [0.25, 0.3) is 0 Å². The molecule has 0 spiro atoms. The normalized spacial score (nSPS) is 24.7. The molecule has 0 aliphatic carbocycles. The van der Waals surface area contributed by atoms with E-state index in [-0.39, 0.29) is 18.1 Å². The van der Waals surface area contributed by atoms with Gasteiger partial charge in [0.1, 0.15) is 6.17 Å². The highest BCUT2D eigenvalue weighted by molar-refractivity contribution is 5.36. The van der Waals surface area contributed by atoms with Crippen LogP contribution in [-0.2, 0) is 0 Å². The van der Waals surface area contributed by atoms with Crippen LogP contribution < -0.4 is 10.7 Å². The van der Waals surface area contributed by atoms with Crippen molar-refractivity contribution in [1.82, 2.24) is 15.8 Å². The van der Waals surface area contributed by atoms with Crippen LogP contribution in [0.4, 0.5) is 5.69 Å². The average Bonchev–Trinajstić information content (AvgIpc) is 3.02. The second-order valence-corrected chi connectivity index (χ2v) is 7.95. The summed E-state index contributed by atoms with van der Waals surface area (Å²) in [5.41, 5.74) is 8.25. The average molecular weight is 392 g/mol. The second kappa shape index (κ2) is 8.35. The summed E-state index contributed by atoms with van der Waals surface area (Å²) in [5.74, 6) is 0.0640. The molecule has 0 saturated carbocycles. The lowest BCUT2D eigenvalue weighted by atomic mass is 9.90. The first-order valence-electron chi connectivity index (χ1n) is 10.3. The Kier molecular flexibility index (Phi) is 5.65. The predicted octanol–water partition coefficient (Wildman–Crippen LogP) is 5.16. The Bertz CT molecular complexity index is 924. The van der Waals surface area contributed by atoms with Gasteiger partial charge in [0.05, 0.1) is 11.7 Å². The van der Waals surface area contributed by atoms with Crippen LogP contribution in [0.25, 0.3) is 0 Å². The van der Waals surface area contributed by atoms with Crippen LogP contribution in [0, 0.1) is 13.8 Å². The van der Waals surface area contributed by atoms with Gasteiger partial charge >= 0.3 is 0 Å². The summed E-state index contributed by atoms with van der Waals surface area (Å²) < 4.78 is 0. The molecule has 6 heteroatoms. The van der Waals surface area contributed by atoms with E-state index >= 15 is 0 Å². The number of rotatable bonds is 5. The molecule has 0 radical (unpaired) electrons. The Morgan fingerprint density at radius 2 is 1.90 bits per heavy atom. The topological polar surface area (TPSA) is 72.2 Å². The van der Waals surface area contributed by atoms with Gasteiger partial charge in [0, 0.05) is 6.04 Å². The molecular weight excluding hydrogens is 362 g/mol. The summed E-state index contributed by atoms with van der Waals surface area (Å²) in [7, 11) is 0. The number of aliphatic hydroxyl groups is 1. The summed E-state index contributed by atoms with van der Waals surface area (Å²) in [5, 5.41) is 25.1. The third-order valence-electron chi connectivity index (χ3n) is 5.70. The molecule has 1 saturated heterocycles. The number of aliphatic hydroxyl groups excluding tert-OH is 1. The van der Waals surface area contributed by atoms with Crippen molar-refractivity contribution in [1.29, 1.82) is 0 Å². The van der Waals surface area contributed by atoms with Gasteiger partial charge in [-0.1, -0.05) is 55.3 Å². The minimum absolute atomic E-state index is 0.0640. The lowest BCUT2D eigenvalue weighted by molar-refractivity contribution is 0.0334. The molecule has 2 aromatic carbocycles. The SMILES string of the molecule is CCCC1CC(c2ccc(C)cc2C)N2NC(O)=C(N=Nc3ccccc3)C2N1. The molecule has 0 aromatic heterocycles. The fourth-order valence-corrected chi connectivity index (χ4v) is 4.33. The van der Waals surface area contributed by atoms with Crippen LogP contribution in [0.2, 0.25) is 0 Å². The molecule has 29 heavy (non-hydrogen) atoms. The molecule has 4 rings (SSSR count). The van der Waals surface area contributed by atoms with Gasteiger partial charge in [-0.15, -0.1) is 5.11 Å². The van der Waals surface area contributed by atoms with Crippen molar-refractivity contribution in [2.45, 2.75) is 58.3 Å². The number of nitrogens with one attached hydrogen (secondary N) is 2. The molecular formula is C23H29N5O. The number of hydrogen-bond acceptors (Lipinski definition) is 6. The number of fused-ring (bicyclic) bond motifs is 1. The molecule has 3 unspecified atom stereocenters. The van der Waals surface area contributed by atoms with Gasteiger partial charge in [-0.3, -0.25) is 10.7 Å². The Hall–Kier alpha value is -2.70. The molecule has 6 nitrogen and oxygen atoms in total. The van der Waals surface area contributed by atoms with Crippen molar-refractivity contribution in [3.8, 4) is 0 Å². The van der Waals surface area contributed by atoms with E-state index in [0.29, 0.717) is 11.7 Å². The highest BCUT2D eigenvalue weighted by Gasteiger charge is 2.44. The molecule has 2 aliphatic rings. The minimum atomic E-state index is -0.224. The van der Waals surface area contributed by atoms with Crippen molar-refractivity contribution >= 4 is 5.69 Å². The zero-order valence-corrected chi connectivity index (χ0v) is 17.3. The maximum atomic E-state index is 10.6. The van der Waals surface area contributed by atoms with Gasteiger partial charge < -0.3 is 5.11 Å². The lowest BCUT2D eigenvalue weighted by Crippen LogP contribution is -2.58. The van der Waals surface area contributed by atoms with E-state index in [4.69, 9.17) is 0 Å². The second-order valence-electron chi connectivity index (χ2n) is 7.95. The first-order chi connectivity index (χ1) is 14.1. The lowest BCUT2D eigenvalue weighted by Gasteiger charge is -2.42. The van der Waals surface area contributed by atoms with E-state index in [1.807, 2.05) is 30.3 Å². The highest BCUT2D eigenvalue weighted by Crippen LogP contribution is 2.38. The van der Waals surface area contributed by atoms with Gasteiger partial charge in [0.2, 0.25) is 5.88 Å². The monoisotopic (exact) mass is 391 g/mol. The smallest absolute Gasteiger partial charge is 0.226 e. The number of aryl methyl sites for hydroxylation is 2. The first-order valence-corrected chi connectivity index (χ1v) is 10.3. The van der Waals surface area contributed by atoms with Crippen LogP contribution in [0.5, 0.6) is 0 Å². The summed E-state index contributed by atoms with van der Waals surface area (Å²) >= 11 is 0. The molecule has 2 heterocycles. The van der Waals surface area contributed by atoms with Gasteiger partial charge in [-0.05, 0) is 49.9 Å². The molecule has 3 atom stereocenters. The maximum Gasteiger partial charge on any atom is 0.226 e. The summed E-state index contributed by atoms with van der Waals surface area (Å²) in [6, 6.07) is 16.7. The van der Waals surface area contributed by atoms with Crippen LogP contribution in [0.1, 0.15) is 48.9 Å². The van der Waals surface area contributed by atoms with E-state index in [1.54, 1.807) is 0 Å². The number of hydrazine groups is 1. The zero-order chi connectivity index (χ0) is 20.4. The van der Waals surface area contributed by atoms with Gasteiger partial charge in [0.15, 0.2) is 5.70 Å². The Morgan fingerprint density at radius 3 is 2.62 bits per heavy atom. The maximum absolute atomic E-state index is 10.6.